The summed E-state index contributed by atoms with van der Waals surface area (Å²) in [5, 5.41) is 5.49. The van der Waals surface area contributed by atoms with E-state index in [0.29, 0.717) is 11.6 Å². The molecule has 1 aliphatic rings. The maximum Gasteiger partial charge on any atom is 0.251 e. The van der Waals surface area contributed by atoms with Crippen LogP contribution < -0.4 is 10.6 Å². The third-order valence-corrected chi connectivity index (χ3v) is 5.21. The number of anilines is 1. The highest BCUT2D eigenvalue weighted by molar-refractivity contribution is 7.90. The van der Waals surface area contributed by atoms with Crippen LogP contribution in [0.15, 0.2) is 59.5 Å². The molecule has 7 heteroatoms. The first-order valence-corrected chi connectivity index (χ1v) is 10.4. The Bertz CT molecular complexity index is 991. The van der Waals surface area contributed by atoms with Crippen molar-refractivity contribution in [2.75, 3.05) is 11.6 Å². The van der Waals surface area contributed by atoms with Crippen molar-refractivity contribution in [3.8, 4) is 0 Å². The third kappa shape index (κ3) is 5.27. The number of rotatable bonds is 6. The van der Waals surface area contributed by atoms with E-state index in [1.165, 1.54) is 18.2 Å². The van der Waals surface area contributed by atoms with Crippen molar-refractivity contribution in [3.63, 3.8) is 0 Å². The molecule has 1 aliphatic carbocycles. The second-order valence-corrected chi connectivity index (χ2v) is 8.44. The molecule has 1 fully saturated rings. The first-order valence-electron chi connectivity index (χ1n) is 8.52. The molecule has 0 aromatic heterocycles. The highest BCUT2D eigenvalue weighted by Crippen LogP contribution is 2.21. The van der Waals surface area contributed by atoms with Crippen LogP contribution >= 0.6 is 0 Å². The molecule has 2 aromatic carbocycles. The summed E-state index contributed by atoms with van der Waals surface area (Å²) < 4.78 is 23.5. The van der Waals surface area contributed by atoms with Crippen LogP contribution in [0, 0.1) is 0 Å². The van der Waals surface area contributed by atoms with Gasteiger partial charge in [-0.25, -0.2) is 8.42 Å². The standard InChI is InChI=1S/C20H20N2O4S/c1-27(25,26)18-5-3-2-4-17(18)22-19(23)13-8-14-6-9-15(10-7-14)20(24)21-16-11-12-16/h2-10,13,16H,11-12H2,1H3,(H,21,24)(H,22,23). The molecule has 2 aromatic rings. The zero-order chi connectivity index (χ0) is 19.4. The van der Waals surface area contributed by atoms with Gasteiger partial charge in [-0.3, -0.25) is 9.59 Å². The molecule has 2 N–H and O–H groups in total. The van der Waals surface area contributed by atoms with Crippen LogP contribution in [0.5, 0.6) is 0 Å². The van der Waals surface area contributed by atoms with Gasteiger partial charge in [0.2, 0.25) is 5.91 Å². The van der Waals surface area contributed by atoms with Gasteiger partial charge in [0.1, 0.15) is 0 Å². The molecule has 0 aliphatic heterocycles. The summed E-state index contributed by atoms with van der Waals surface area (Å²) >= 11 is 0. The fourth-order valence-electron chi connectivity index (χ4n) is 2.48. The lowest BCUT2D eigenvalue weighted by Crippen LogP contribution is -2.25. The smallest absolute Gasteiger partial charge is 0.251 e. The molecule has 6 nitrogen and oxygen atoms in total. The van der Waals surface area contributed by atoms with Crippen LogP contribution in [-0.2, 0) is 14.6 Å². The average Bonchev–Trinajstić information content (AvgIpc) is 3.44. The van der Waals surface area contributed by atoms with Gasteiger partial charge in [-0.05, 0) is 48.7 Å². The Morgan fingerprint density at radius 3 is 2.33 bits per heavy atom. The number of carbonyl (C=O) groups excluding carboxylic acids is 2. The Labute approximate surface area is 158 Å². The van der Waals surface area contributed by atoms with Gasteiger partial charge in [0.25, 0.3) is 5.91 Å². The first-order chi connectivity index (χ1) is 12.8. The van der Waals surface area contributed by atoms with Crippen LogP contribution in [0.3, 0.4) is 0 Å². The summed E-state index contributed by atoms with van der Waals surface area (Å²) in [5.74, 6) is -0.537. The van der Waals surface area contributed by atoms with E-state index in [1.807, 2.05) is 0 Å². The Morgan fingerprint density at radius 2 is 1.70 bits per heavy atom. The Hall–Kier alpha value is -2.93. The van der Waals surface area contributed by atoms with Crippen LogP contribution in [0.1, 0.15) is 28.8 Å². The zero-order valence-corrected chi connectivity index (χ0v) is 15.6. The Kier molecular flexibility index (Phi) is 5.41. The summed E-state index contributed by atoms with van der Waals surface area (Å²) in [6, 6.07) is 13.4. The van der Waals surface area contributed by atoms with E-state index in [-0.39, 0.29) is 16.5 Å². The molecule has 0 saturated heterocycles. The van der Waals surface area contributed by atoms with Crippen molar-refractivity contribution in [2.24, 2.45) is 0 Å². The molecular weight excluding hydrogens is 364 g/mol. The number of carbonyl (C=O) groups is 2. The van der Waals surface area contributed by atoms with Crippen molar-refractivity contribution in [3.05, 3.63) is 65.7 Å². The van der Waals surface area contributed by atoms with Gasteiger partial charge in [-0.1, -0.05) is 24.3 Å². The monoisotopic (exact) mass is 384 g/mol. The molecule has 0 atom stereocenters. The Morgan fingerprint density at radius 1 is 1.04 bits per heavy atom. The summed E-state index contributed by atoms with van der Waals surface area (Å²) in [4.78, 5) is 24.1. The SMILES string of the molecule is CS(=O)(=O)c1ccccc1NC(=O)C=Cc1ccc(C(=O)NC2CC2)cc1. The second kappa shape index (κ2) is 7.75. The number of benzene rings is 2. The predicted octanol–water partition coefficient (Wildman–Crippen LogP) is 2.63. The van der Waals surface area contributed by atoms with Crippen LogP contribution in [-0.4, -0.2) is 32.5 Å². The molecule has 27 heavy (non-hydrogen) atoms. The minimum Gasteiger partial charge on any atom is -0.349 e. The quantitative estimate of drug-likeness (QED) is 0.749. The number of nitrogens with one attached hydrogen (secondary N) is 2. The van der Waals surface area contributed by atoms with Gasteiger partial charge >= 0.3 is 0 Å². The minimum atomic E-state index is -3.44. The van der Waals surface area contributed by atoms with E-state index in [1.54, 1.807) is 42.5 Å². The molecule has 2 amide bonds. The largest absolute Gasteiger partial charge is 0.349 e. The first kappa shape index (κ1) is 18.8. The normalized spacial score (nSPS) is 14.1. The molecule has 0 heterocycles. The van der Waals surface area contributed by atoms with Crippen LogP contribution in [0.2, 0.25) is 0 Å². The molecule has 140 valence electrons. The van der Waals surface area contributed by atoms with Gasteiger partial charge < -0.3 is 10.6 Å². The molecule has 3 rings (SSSR count). The van der Waals surface area contributed by atoms with E-state index < -0.39 is 15.7 Å². The summed E-state index contributed by atoms with van der Waals surface area (Å²) in [5.41, 5.74) is 1.57. The van der Waals surface area contributed by atoms with E-state index in [9.17, 15) is 18.0 Å². The fraction of sp³-hybridized carbons (Fsp3) is 0.200. The molecule has 0 radical (unpaired) electrons. The van der Waals surface area contributed by atoms with Crippen LogP contribution in [0.4, 0.5) is 5.69 Å². The van der Waals surface area contributed by atoms with Crippen molar-refractivity contribution in [1.82, 2.24) is 5.32 Å². The summed E-state index contributed by atoms with van der Waals surface area (Å²) in [7, 11) is -3.44. The molecule has 0 spiro atoms. The number of hydrogen-bond donors (Lipinski definition) is 2. The van der Waals surface area contributed by atoms with E-state index in [4.69, 9.17) is 0 Å². The molecular formula is C20H20N2O4S. The van der Waals surface area contributed by atoms with Crippen LogP contribution in [0.25, 0.3) is 6.08 Å². The molecule has 0 unspecified atom stereocenters. The lowest BCUT2D eigenvalue weighted by atomic mass is 10.1. The molecule has 1 saturated carbocycles. The number of sulfone groups is 1. The predicted molar refractivity (Wildman–Crippen MR) is 104 cm³/mol. The van der Waals surface area contributed by atoms with Crippen molar-refractivity contribution in [1.29, 1.82) is 0 Å². The van der Waals surface area contributed by atoms with Gasteiger partial charge in [-0.2, -0.15) is 0 Å². The van der Waals surface area contributed by atoms with Crippen molar-refractivity contribution >= 4 is 33.4 Å². The van der Waals surface area contributed by atoms with E-state index in [0.717, 1.165) is 24.7 Å². The van der Waals surface area contributed by atoms with Crippen molar-refractivity contribution in [2.45, 2.75) is 23.8 Å². The van der Waals surface area contributed by atoms with Gasteiger partial charge in [-0.15, -0.1) is 0 Å². The molecule has 0 bridgehead atoms. The number of amides is 2. The minimum absolute atomic E-state index is 0.0674. The lowest BCUT2D eigenvalue weighted by Gasteiger charge is -2.07. The number of para-hydroxylation sites is 1. The fourth-order valence-corrected chi connectivity index (χ4v) is 3.33. The average molecular weight is 384 g/mol. The maximum atomic E-state index is 12.1. The topological polar surface area (TPSA) is 92.3 Å². The van der Waals surface area contributed by atoms with Gasteiger partial charge in [0.05, 0.1) is 10.6 Å². The van der Waals surface area contributed by atoms with Crippen molar-refractivity contribution < 1.29 is 18.0 Å². The second-order valence-electron chi connectivity index (χ2n) is 6.46. The number of hydrogen-bond acceptors (Lipinski definition) is 4. The zero-order valence-electron chi connectivity index (χ0n) is 14.8. The van der Waals surface area contributed by atoms with E-state index in [2.05, 4.69) is 10.6 Å². The maximum absolute atomic E-state index is 12.1. The highest BCUT2D eigenvalue weighted by atomic mass is 32.2. The Balaban J connectivity index is 1.64. The lowest BCUT2D eigenvalue weighted by molar-refractivity contribution is -0.111. The van der Waals surface area contributed by atoms with E-state index >= 15 is 0 Å². The summed E-state index contributed by atoms with van der Waals surface area (Å²) in [6.45, 7) is 0. The third-order valence-electron chi connectivity index (χ3n) is 4.06. The van der Waals surface area contributed by atoms with Gasteiger partial charge in [0, 0.05) is 23.9 Å². The summed E-state index contributed by atoms with van der Waals surface area (Å²) in [6.07, 6.45) is 6.07. The van der Waals surface area contributed by atoms with Gasteiger partial charge in [0.15, 0.2) is 9.84 Å². The highest BCUT2D eigenvalue weighted by Gasteiger charge is 2.23.